The molecule has 0 bridgehead atoms. The summed E-state index contributed by atoms with van der Waals surface area (Å²) in [5, 5.41) is 3.78. The monoisotopic (exact) mass is 373 g/mol. The van der Waals surface area contributed by atoms with E-state index in [1.807, 2.05) is 0 Å². The second-order valence-electron chi connectivity index (χ2n) is 7.39. The van der Waals surface area contributed by atoms with Crippen molar-refractivity contribution in [3.05, 3.63) is 94.5 Å². The van der Waals surface area contributed by atoms with E-state index in [1.165, 1.54) is 27.8 Å². The van der Waals surface area contributed by atoms with E-state index in [0.29, 0.717) is 0 Å². The Bertz CT molecular complexity index is 935. The molecule has 0 aromatic heterocycles. The zero-order valence-electron chi connectivity index (χ0n) is 16.7. The number of aryl methyl sites for hydroxylation is 1. The highest BCUT2D eigenvalue weighted by atomic mass is 16.5. The lowest BCUT2D eigenvalue weighted by Crippen LogP contribution is -2.34. The molecule has 0 amide bonds. The van der Waals surface area contributed by atoms with Crippen LogP contribution in [0.5, 0.6) is 11.5 Å². The van der Waals surface area contributed by atoms with Gasteiger partial charge in [0.05, 0.1) is 14.2 Å². The van der Waals surface area contributed by atoms with E-state index in [4.69, 9.17) is 9.47 Å². The molecule has 1 aliphatic rings. The number of methoxy groups -OCH3 is 2. The predicted octanol–water partition coefficient (Wildman–Crippen LogP) is 5.03. The summed E-state index contributed by atoms with van der Waals surface area (Å²) in [7, 11) is 3.39. The van der Waals surface area contributed by atoms with Crippen LogP contribution in [0.25, 0.3) is 0 Å². The number of fused-ring (bicyclic) bond motifs is 1. The molecule has 2 atom stereocenters. The van der Waals surface area contributed by atoms with Crippen LogP contribution in [0.4, 0.5) is 0 Å². The highest BCUT2D eigenvalue weighted by Crippen LogP contribution is 2.43. The Morgan fingerprint density at radius 1 is 0.857 bits per heavy atom. The van der Waals surface area contributed by atoms with Crippen molar-refractivity contribution >= 4 is 0 Å². The van der Waals surface area contributed by atoms with Crippen LogP contribution in [0.2, 0.25) is 0 Å². The molecule has 28 heavy (non-hydrogen) atoms. The van der Waals surface area contributed by atoms with Crippen molar-refractivity contribution in [3.63, 3.8) is 0 Å². The molecule has 0 saturated heterocycles. The summed E-state index contributed by atoms with van der Waals surface area (Å²) in [4.78, 5) is 0. The maximum absolute atomic E-state index is 5.60. The number of ether oxygens (including phenoxy) is 2. The first-order valence-electron chi connectivity index (χ1n) is 9.81. The molecule has 0 spiro atoms. The highest BCUT2D eigenvalue weighted by Gasteiger charge is 2.31. The van der Waals surface area contributed by atoms with Gasteiger partial charge in [0.1, 0.15) is 0 Å². The van der Waals surface area contributed by atoms with E-state index < -0.39 is 0 Å². The van der Waals surface area contributed by atoms with Crippen LogP contribution < -0.4 is 14.8 Å². The Balaban J connectivity index is 1.85. The molecule has 3 aromatic carbocycles. The third-order valence-corrected chi connectivity index (χ3v) is 5.67. The van der Waals surface area contributed by atoms with Gasteiger partial charge in [-0.3, -0.25) is 0 Å². The molecule has 1 N–H and O–H groups in total. The van der Waals surface area contributed by atoms with Crippen molar-refractivity contribution in [2.45, 2.75) is 25.3 Å². The van der Waals surface area contributed by atoms with Gasteiger partial charge in [-0.1, -0.05) is 60.2 Å². The van der Waals surface area contributed by atoms with Gasteiger partial charge in [0.25, 0.3) is 0 Å². The van der Waals surface area contributed by atoms with E-state index in [9.17, 15) is 0 Å². The quantitative estimate of drug-likeness (QED) is 0.680. The molecular formula is C25H27NO2. The molecule has 144 valence electrons. The smallest absolute Gasteiger partial charge is 0.161 e. The lowest BCUT2D eigenvalue weighted by atomic mass is 9.78. The van der Waals surface area contributed by atoms with E-state index in [2.05, 4.69) is 79.0 Å². The summed E-state index contributed by atoms with van der Waals surface area (Å²) in [6.45, 7) is 3.08. The number of benzene rings is 3. The minimum atomic E-state index is 0.175. The van der Waals surface area contributed by atoms with Gasteiger partial charge >= 0.3 is 0 Å². The van der Waals surface area contributed by atoms with Crippen LogP contribution in [0, 0.1) is 6.92 Å². The lowest BCUT2D eigenvalue weighted by molar-refractivity contribution is 0.351. The molecule has 3 aromatic rings. The van der Waals surface area contributed by atoms with Crippen LogP contribution in [-0.4, -0.2) is 20.8 Å². The Labute approximate surface area is 167 Å². The summed E-state index contributed by atoms with van der Waals surface area (Å²) in [5.41, 5.74) is 6.52. The maximum Gasteiger partial charge on any atom is 0.161 e. The Morgan fingerprint density at radius 3 is 2.18 bits per heavy atom. The van der Waals surface area contributed by atoms with Crippen LogP contribution in [0.15, 0.2) is 66.7 Å². The molecular weight excluding hydrogens is 346 g/mol. The first-order chi connectivity index (χ1) is 13.7. The third-order valence-electron chi connectivity index (χ3n) is 5.67. The highest BCUT2D eigenvalue weighted by molar-refractivity contribution is 5.51. The number of hydrogen-bond donors (Lipinski definition) is 1. The van der Waals surface area contributed by atoms with Crippen molar-refractivity contribution in [2.75, 3.05) is 20.8 Å². The fraction of sp³-hybridized carbons (Fsp3) is 0.280. The minimum absolute atomic E-state index is 0.175. The van der Waals surface area contributed by atoms with Crippen molar-refractivity contribution in [3.8, 4) is 11.5 Å². The minimum Gasteiger partial charge on any atom is -0.493 e. The maximum atomic E-state index is 5.60. The third kappa shape index (κ3) is 3.50. The van der Waals surface area contributed by atoms with Crippen LogP contribution in [0.3, 0.4) is 0 Å². The largest absolute Gasteiger partial charge is 0.493 e. The first kappa shape index (κ1) is 18.6. The zero-order valence-corrected chi connectivity index (χ0v) is 16.7. The topological polar surface area (TPSA) is 30.5 Å². The van der Waals surface area contributed by atoms with E-state index >= 15 is 0 Å². The predicted molar refractivity (Wildman–Crippen MR) is 113 cm³/mol. The standard InChI is InChI=1S/C25H27NO2/c1-17-9-11-19(12-10-17)24(18-7-5-4-6-8-18)25-21-16-23(28-3)22(27-2)15-20(21)13-14-26-25/h4-12,15-16,24-26H,13-14H2,1-3H3. The lowest BCUT2D eigenvalue weighted by Gasteiger charge is -2.35. The molecule has 4 rings (SSSR count). The van der Waals surface area contributed by atoms with E-state index in [-0.39, 0.29) is 12.0 Å². The van der Waals surface area contributed by atoms with Crippen LogP contribution >= 0.6 is 0 Å². The Kier molecular flexibility index (Phi) is 5.36. The van der Waals surface area contributed by atoms with Crippen LogP contribution in [-0.2, 0) is 6.42 Å². The Morgan fingerprint density at radius 2 is 1.50 bits per heavy atom. The molecule has 1 aliphatic heterocycles. The van der Waals surface area contributed by atoms with Crippen LogP contribution in [0.1, 0.15) is 39.8 Å². The fourth-order valence-corrected chi connectivity index (χ4v) is 4.22. The summed E-state index contributed by atoms with van der Waals surface area (Å²) in [5.74, 6) is 1.80. The van der Waals surface area contributed by atoms with Gasteiger partial charge < -0.3 is 14.8 Å². The van der Waals surface area contributed by atoms with Gasteiger partial charge in [-0.2, -0.15) is 0 Å². The second kappa shape index (κ2) is 8.07. The number of rotatable bonds is 5. The zero-order chi connectivity index (χ0) is 19.5. The van der Waals surface area contributed by atoms with E-state index in [1.54, 1.807) is 14.2 Å². The normalized spacial score (nSPS) is 16.9. The number of hydrogen-bond acceptors (Lipinski definition) is 3. The van der Waals surface area contributed by atoms with Crippen molar-refractivity contribution in [1.82, 2.24) is 5.32 Å². The van der Waals surface area contributed by atoms with Crippen molar-refractivity contribution < 1.29 is 9.47 Å². The fourth-order valence-electron chi connectivity index (χ4n) is 4.22. The summed E-state index contributed by atoms with van der Waals surface area (Å²) in [6, 6.07) is 24.1. The average molecular weight is 373 g/mol. The Hall–Kier alpha value is -2.78. The van der Waals surface area contributed by atoms with Gasteiger partial charge in [-0.25, -0.2) is 0 Å². The summed E-state index contributed by atoms with van der Waals surface area (Å²) in [6.07, 6.45) is 0.988. The molecule has 0 aliphatic carbocycles. The van der Waals surface area contributed by atoms with Gasteiger partial charge in [-0.15, -0.1) is 0 Å². The molecule has 3 heteroatoms. The molecule has 0 radical (unpaired) electrons. The molecule has 0 saturated carbocycles. The molecule has 3 nitrogen and oxygen atoms in total. The molecule has 2 unspecified atom stereocenters. The van der Waals surface area contributed by atoms with Gasteiger partial charge in [0.15, 0.2) is 11.5 Å². The van der Waals surface area contributed by atoms with Crippen molar-refractivity contribution in [1.29, 1.82) is 0 Å². The summed E-state index contributed by atoms with van der Waals surface area (Å²) < 4.78 is 11.1. The number of nitrogens with one attached hydrogen (secondary N) is 1. The molecule has 0 fully saturated rings. The average Bonchev–Trinajstić information content (AvgIpc) is 2.75. The second-order valence-corrected chi connectivity index (χ2v) is 7.39. The summed E-state index contributed by atoms with van der Waals surface area (Å²) >= 11 is 0. The SMILES string of the molecule is COc1cc2c(cc1OC)C(C(c1ccccc1)c1ccc(C)cc1)NCC2. The first-order valence-corrected chi connectivity index (χ1v) is 9.81. The van der Waals surface area contributed by atoms with E-state index in [0.717, 1.165) is 24.5 Å². The van der Waals surface area contributed by atoms with Gasteiger partial charge in [-0.05, 0) is 54.3 Å². The van der Waals surface area contributed by atoms with Gasteiger partial charge in [0, 0.05) is 12.0 Å². The molecule has 1 heterocycles. The van der Waals surface area contributed by atoms with Gasteiger partial charge in [0.2, 0.25) is 0 Å². The van der Waals surface area contributed by atoms with Crippen molar-refractivity contribution in [2.24, 2.45) is 0 Å².